The van der Waals surface area contributed by atoms with Crippen LogP contribution in [-0.4, -0.2) is 50.8 Å². The Hall–Kier alpha value is -3.12. The maximum Gasteiger partial charge on any atom is 0.254 e. The Morgan fingerprint density at radius 3 is 2.76 bits per heavy atom. The van der Waals surface area contributed by atoms with Gasteiger partial charge in [-0.1, -0.05) is 37.1 Å². The van der Waals surface area contributed by atoms with Crippen LogP contribution < -0.4 is 4.74 Å². The molecule has 1 N–H and O–H groups in total. The molecule has 0 unspecified atom stereocenters. The number of piperidine rings is 1. The van der Waals surface area contributed by atoms with Crippen molar-refractivity contribution < 1.29 is 14.6 Å². The molecule has 5 rings (SSSR count). The summed E-state index contributed by atoms with van der Waals surface area (Å²) in [6, 6.07) is 16.0. The van der Waals surface area contributed by atoms with Crippen molar-refractivity contribution in [3.63, 3.8) is 0 Å². The zero-order valence-corrected chi connectivity index (χ0v) is 19.8. The van der Waals surface area contributed by atoms with Gasteiger partial charge in [0.25, 0.3) is 5.91 Å². The predicted molar refractivity (Wildman–Crippen MR) is 131 cm³/mol. The molecule has 1 saturated carbocycles. The molecule has 34 heavy (non-hydrogen) atoms. The molecule has 2 aliphatic rings. The average Bonchev–Trinajstić information content (AvgIpc) is 3.37. The van der Waals surface area contributed by atoms with Crippen LogP contribution >= 0.6 is 0 Å². The zero-order chi connectivity index (χ0) is 23.5. The summed E-state index contributed by atoms with van der Waals surface area (Å²) in [6.07, 6.45) is 10.8. The highest BCUT2D eigenvalue weighted by molar-refractivity contribution is 5.94. The van der Waals surface area contributed by atoms with Crippen molar-refractivity contribution in [2.75, 3.05) is 13.7 Å². The van der Waals surface area contributed by atoms with Crippen LogP contribution in [0, 0.1) is 5.92 Å². The highest BCUT2D eigenvalue weighted by Gasteiger charge is 2.49. The number of hydrogen-bond acceptors (Lipinski definition) is 4. The number of fused-ring (bicyclic) bond motifs is 1. The second kappa shape index (κ2) is 9.63. The number of likely N-dealkylation sites (tertiary alicyclic amines) is 1. The summed E-state index contributed by atoms with van der Waals surface area (Å²) in [6.45, 7) is 1.26. The van der Waals surface area contributed by atoms with Crippen molar-refractivity contribution in [2.45, 2.75) is 56.7 Å². The standard InChI is InChI=1S/C28H33N3O3/c1-34-24-10-8-21(9-11-24)18-26-25-7-2-3-12-28(25,33)13-15-31(26)27(32)23-6-4-5-22(17-23)19-30-16-14-29-20-30/h4-6,8-11,14,16-17,20,25-26,33H,2-3,7,12-13,15,18-19H2,1H3/t25-,26-,28-/m0/s1. The smallest absolute Gasteiger partial charge is 0.254 e. The molecular weight excluding hydrogens is 426 g/mol. The second-order valence-corrected chi connectivity index (χ2v) is 9.76. The Morgan fingerprint density at radius 1 is 1.15 bits per heavy atom. The van der Waals surface area contributed by atoms with Gasteiger partial charge in [0.05, 0.1) is 19.0 Å². The minimum atomic E-state index is -0.671. The molecule has 2 heterocycles. The molecule has 1 amide bonds. The maximum atomic E-state index is 13.8. The van der Waals surface area contributed by atoms with Gasteiger partial charge in [-0.25, -0.2) is 4.98 Å². The number of benzene rings is 2. The van der Waals surface area contributed by atoms with Crippen molar-refractivity contribution in [2.24, 2.45) is 5.92 Å². The van der Waals surface area contributed by atoms with Gasteiger partial charge in [0, 0.05) is 43.0 Å². The first-order valence-corrected chi connectivity index (χ1v) is 12.3. The van der Waals surface area contributed by atoms with Gasteiger partial charge in [0.15, 0.2) is 0 Å². The Balaban J connectivity index is 1.42. The molecule has 6 nitrogen and oxygen atoms in total. The highest BCUT2D eigenvalue weighted by atomic mass is 16.5. The number of imidazole rings is 1. The fourth-order valence-corrected chi connectivity index (χ4v) is 5.87. The topological polar surface area (TPSA) is 67.6 Å². The minimum absolute atomic E-state index is 0.0303. The molecule has 1 saturated heterocycles. The lowest BCUT2D eigenvalue weighted by Gasteiger charge is -2.52. The Morgan fingerprint density at radius 2 is 2.00 bits per heavy atom. The number of amides is 1. The fourth-order valence-electron chi connectivity index (χ4n) is 5.87. The lowest BCUT2D eigenvalue weighted by molar-refractivity contribution is -0.113. The number of carbonyl (C=O) groups is 1. The first-order chi connectivity index (χ1) is 16.6. The van der Waals surface area contributed by atoms with Gasteiger partial charge in [-0.15, -0.1) is 0 Å². The number of methoxy groups -OCH3 is 1. The molecule has 0 radical (unpaired) electrons. The van der Waals surface area contributed by atoms with Crippen LogP contribution in [0.5, 0.6) is 5.75 Å². The molecule has 0 spiro atoms. The molecule has 0 bridgehead atoms. The van der Waals surface area contributed by atoms with Crippen molar-refractivity contribution in [1.29, 1.82) is 0 Å². The van der Waals surface area contributed by atoms with Crippen LogP contribution in [0.1, 0.15) is 53.6 Å². The molecule has 178 valence electrons. The van der Waals surface area contributed by atoms with Crippen LogP contribution in [-0.2, 0) is 13.0 Å². The van der Waals surface area contributed by atoms with Crippen LogP contribution in [0.4, 0.5) is 0 Å². The van der Waals surface area contributed by atoms with Crippen LogP contribution in [0.25, 0.3) is 0 Å². The van der Waals surface area contributed by atoms with Crippen molar-refractivity contribution >= 4 is 5.91 Å². The largest absolute Gasteiger partial charge is 0.497 e. The van der Waals surface area contributed by atoms with E-state index in [1.165, 1.54) is 0 Å². The summed E-state index contributed by atoms with van der Waals surface area (Å²) in [5.74, 6) is 0.970. The van der Waals surface area contributed by atoms with Gasteiger partial charge in [-0.2, -0.15) is 0 Å². The summed E-state index contributed by atoms with van der Waals surface area (Å²) in [7, 11) is 1.67. The van der Waals surface area contributed by atoms with Gasteiger partial charge in [-0.3, -0.25) is 4.79 Å². The van der Waals surface area contributed by atoms with E-state index in [-0.39, 0.29) is 17.9 Å². The second-order valence-electron chi connectivity index (χ2n) is 9.76. The van der Waals surface area contributed by atoms with Gasteiger partial charge < -0.3 is 19.3 Å². The van der Waals surface area contributed by atoms with Crippen LogP contribution in [0.3, 0.4) is 0 Å². The Bertz CT molecular complexity index is 1110. The number of ether oxygens (including phenoxy) is 1. The number of nitrogens with zero attached hydrogens (tertiary/aromatic N) is 3. The molecule has 1 aliphatic carbocycles. The summed E-state index contributed by atoms with van der Waals surface area (Å²) in [5.41, 5.74) is 2.27. The normalized spacial score (nSPS) is 24.5. The first-order valence-electron chi connectivity index (χ1n) is 12.3. The fraction of sp³-hybridized carbons (Fsp3) is 0.429. The quantitative estimate of drug-likeness (QED) is 0.596. The maximum absolute atomic E-state index is 13.8. The highest BCUT2D eigenvalue weighted by Crippen LogP contribution is 2.44. The lowest BCUT2D eigenvalue weighted by Crippen LogP contribution is -2.61. The lowest BCUT2D eigenvalue weighted by atomic mass is 9.66. The first kappa shape index (κ1) is 22.7. The number of aliphatic hydroxyl groups is 1. The molecule has 3 atom stereocenters. The number of rotatable bonds is 6. The molecular formula is C28H33N3O3. The monoisotopic (exact) mass is 459 g/mol. The van der Waals surface area contributed by atoms with E-state index in [4.69, 9.17) is 4.74 Å². The van der Waals surface area contributed by atoms with Crippen molar-refractivity contribution in [3.05, 3.63) is 83.9 Å². The van der Waals surface area contributed by atoms with Crippen molar-refractivity contribution in [1.82, 2.24) is 14.5 Å². The van der Waals surface area contributed by atoms with Crippen LogP contribution in [0.2, 0.25) is 0 Å². The van der Waals surface area contributed by atoms with E-state index in [1.54, 1.807) is 19.6 Å². The zero-order valence-electron chi connectivity index (χ0n) is 19.8. The third-order valence-electron chi connectivity index (χ3n) is 7.68. The van der Waals surface area contributed by atoms with E-state index >= 15 is 0 Å². The van der Waals surface area contributed by atoms with E-state index in [0.29, 0.717) is 25.1 Å². The third-order valence-corrected chi connectivity index (χ3v) is 7.68. The third kappa shape index (κ3) is 4.60. The molecule has 2 aromatic carbocycles. The van der Waals surface area contributed by atoms with Crippen LogP contribution in [0.15, 0.2) is 67.3 Å². The van der Waals surface area contributed by atoms with Gasteiger partial charge in [0.2, 0.25) is 0 Å². The van der Waals surface area contributed by atoms with Gasteiger partial charge in [-0.05, 0) is 61.1 Å². The van der Waals surface area contributed by atoms with Crippen molar-refractivity contribution in [3.8, 4) is 5.75 Å². The SMILES string of the molecule is COc1ccc(C[C@H]2[C@@H]3CCCC[C@]3(O)CCN2C(=O)c2cccc(Cn3ccnc3)c2)cc1. The Kier molecular flexibility index (Phi) is 6.42. The number of hydrogen-bond donors (Lipinski definition) is 1. The summed E-state index contributed by atoms with van der Waals surface area (Å²) in [5, 5.41) is 11.5. The minimum Gasteiger partial charge on any atom is -0.497 e. The average molecular weight is 460 g/mol. The van der Waals surface area contributed by atoms with E-state index in [1.807, 2.05) is 52.1 Å². The van der Waals surface area contributed by atoms with E-state index in [9.17, 15) is 9.90 Å². The molecule has 2 fully saturated rings. The Labute approximate surface area is 201 Å². The number of carbonyl (C=O) groups excluding carboxylic acids is 1. The molecule has 6 heteroatoms. The van der Waals surface area contributed by atoms with Gasteiger partial charge >= 0.3 is 0 Å². The van der Waals surface area contributed by atoms with E-state index < -0.39 is 5.60 Å². The molecule has 3 aromatic rings. The molecule has 1 aromatic heterocycles. The number of aromatic nitrogens is 2. The van der Waals surface area contributed by atoms with Gasteiger partial charge in [0.1, 0.15) is 5.75 Å². The molecule has 1 aliphatic heterocycles. The summed E-state index contributed by atoms with van der Waals surface area (Å²) in [4.78, 5) is 20.0. The predicted octanol–water partition coefficient (Wildman–Crippen LogP) is 4.32. The summed E-state index contributed by atoms with van der Waals surface area (Å²) < 4.78 is 7.32. The van der Waals surface area contributed by atoms with E-state index in [0.717, 1.165) is 49.0 Å². The van der Waals surface area contributed by atoms with E-state index in [2.05, 4.69) is 17.1 Å². The summed E-state index contributed by atoms with van der Waals surface area (Å²) >= 11 is 0.